The molecule has 1 fully saturated rings. The van der Waals surface area contributed by atoms with E-state index in [2.05, 4.69) is 15.5 Å². The first kappa shape index (κ1) is 35.2. The van der Waals surface area contributed by atoms with Crippen LogP contribution in [0.5, 0.6) is 11.5 Å². The molecule has 0 saturated carbocycles. The second-order valence-electron chi connectivity index (χ2n) is 10.4. The van der Waals surface area contributed by atoms with E-state index in [-0.39, 0.29) is 51.8 Å². The molecular formula is C30H25IN6O10S2. The molecule has 3 aromatic heterocycles. The number of aromatic nitrogens is 2. The number of carbonyl (C=O) groups is 4. The number of hydrogen-bond acceptors (Lipinski definition) is 13. The molecule has 1 saturated heterocycles. The van der Waals surface area contributed by atoms with E-state index < -0.39 is 52.3 Å². The number of benzene rings is 1. The van der Waals surface area contributed by atoms with Crippen LogP contribution >= 0.6 is 23.1 Å². The summed E-state index contributed by atoms with van der Waals surface area (Å²) in [5.74, 6) is -5.47. The molecule has 0 radical (unpaired) electrons. The van der Waals surface area contributed by atoms with E-state index in [1.807, 2.05) is 29.0 Å². The summed E-state index contributed by atoms with van der Waals surface area (Å²) in [6, 6.07) is 7.62. The van der Waals surface area contributed by atoms with Gasteiger partial charge in [0.2, 0.25) is 0 Å². The number of aliphatic carboxylic acids is 2. The zero-order chi connectivity index (χ0) is 34.2. The number of halogens is 1. The van der Waals surface area contributed by atoms with E-state index in [4.69, 9.17) is 15.0 Å². The number of nitrogen functional groups attached to an aromatic ring is 1. The van der Waals surface area contributed by atoms with Crippen molar-refractivity contribution in [2.75, 3.05) is 11.5 Å². The van der Waals surface area contributed by atoms with Crippen molar-refractivity contribution in [1.29, 1.82) is 0 Å². The van der Waals surface area contributed by atoms with Crippen LogP contribution in [0.25, 0.3) is 11.1 Å². The summed E-state index contributed by atoms with van der Waals surface area (Å²) in [6.45, 7) is 0.385. The number of amides is 2. The Morgan fingerprint density at radius 2 is 2.02 bits per heavy atom. The first-order valence-corrected chi connectivity index (χ1v) is 15.9. The van der Waals surface area contributed by atoms with Crippen molar-refractivity contribution in [2.24, 2.45) is 5.16 Å². The Morgan fingerprint density at radius 3 is 2.71 bits per heavy atom. The van der Waals surface area contributed by atoms with Crippen LogP contribution in [-0.2, 0) is 36.2 Å². The molecule has 19 heteroatoms. The minimum atomic E-state index is -2.49. The summed E-state index contributed by atoms with van der Waals surface area (Å²) in [6.07, 6.45) is 7.41. The predicted molar refractivity (Wildman–Crippen MR) is 170 cm³/mol. The van der Waals surface area contributed by atoms with E-state index >= 15 is 0 Å². The molecule has 6 rings (SSSR count). The number of carboxylic acid groups (broad SMARTS) is 2. The molecule has 0 aliphatic carbocycles. The van der Waals surface area contributed by atoms with Gasteiger partial charge >= 0.3 is 23.3 Å². The molecule has 2 amide bonds. The maximum atomic E-state index is 13.1. The number of carboxylic acids is 2. The lowest BCUT2D eigenvalue weighted by molar-refractivity contribution is -0.667. The average molecular weight is 821 g/mol. The summed E-state index contributed by atoms with van der Waals surface area (Å²) < 4.78 is 7.36. The van der Waals surface area contributed by atoms with Crippen LogP contribution in [0.4, 0.5) is 5.13 Å². The van der Waals surface area contributed by atoms with E-state index in [1.165, 1.54) is 17.1 Å². The largest absolute Gasteiger partial charge is 1.00 e. The number of phenols is 2. The zero-order valence-corrected chi connectivity index (χ0v) is 28.6. The quantitative estimate of drug-likeness (QED) is 0.0253. The van der Waals surface area contributed by atoms with Crippen molar-refractivity contribution >= 4 is 69.3 Å². The number of β-lactam (4-membered cyclic amide) rings is 1. The minimum absolute atomic E-state index is 0. The van der Waals surface area contributed by atoms with Crippen LogP contribution < -0.4 is 39.6 Å². The molecule has 2 aliphatic rings. The van der Waals surface area contributed by atoms with Gasteiger partial charge in [-0.15, -0.1) is 23.1 Å². The summed E-state index contributed by atoms with van der Waals surface area (Å²) in [5.41, 5.74) is 3.65. The van der Waals surface area contributed by atoms with Crippen molar-refractivity contribution in [3.63, 3.8) is 0 Å². The number of anilines is 1. The number of thiazole rings is 1. The van der Waals surface area contributed by atoms with Crippen LogP contribution in [0, 0.1) is 0 Å². The van der Waals surface area contributed by atoms with Crippen LogP contribution in [0.3, 0.4) is 0 Å². The number of allylic oxidation sites excluding steroid dienone is 2. The number of aromatic hydroxyl groups is 2. The molecule has 1 unspecified atom stereocenters. The number of nitrogens with two attached hydrogens (primary N) is 1. The molecule has 5 heterocycles. The third-order valence-corrected chi connectivity index (χ3v) is 9.50. The van der Waals surface area contributed by atoms with Gasteiger partial charge in [0.1, 0.15) is 29.0 Å². The number of rotatable bonds is 11. The molecule has 3 atom stereocenters. The molecule has 2 aliphatic heterocycles. The van der Waals surface area contributed by atoms with E-state index in [0.717, 1.165) is 39.8 Å². The van der Waals surface area contributed by atoms with Crippen molar-refractivity contribution < 1.29 is 77.4 Å². The number of fused-ring (bicyclic) bond motifs is 2. The molecule has 4 aromatic rings. The number of carbonyl (C=O) groups excluding carboxylic acids is 2. The Hall–Kier alpha value is -5.15. The lowest BCUT2D eigenvalue weighted by atomic mass is 9.90. The van der Waals surface area contributed by atoms with Gasteiger partial charge in [-0.05, 0) is 42.0 Å². The van der Waals surface area contributed by atoms with Crippen molar-refractivity contribution in [2.45, 2.75) is 23.6 Å². The molecule has 0 bridgehead atoms. The van der Waals surface area contributed by atoms with Gasteiger partial charge in [-0.3, -0.25) is 14.5 Å². The highest BCUT2D eigenvalue weighted by Crippen LogP contribution is 2.41. The maximum Gasteiger partial charge on any atom is 0.380 e. The molecule has 254 valence electrons. The number of nitrogens with one attached hydrogen (secondary N) is 1. The van der Waals surface area contributed by atoms with Gasteiger partial charge in [0.15, 0.2) is 29.4 Å². The number of nitrogens with zero attached hydrogens (tertiary/aromatic N) is 4. The summed E-state index contributed by atoms with van der Waals surface area (Å²) >= 11 is 2.16. The Bertz CT molecular complexity index is 2060. The summed E-state index contributed by atoms with van der Waals surface area (Å²) in [5, 5.41) is 47.4. The Labute approximate surface area is 301 Å². The average Bonchev–Trinajstić information content (AvgIpc) is 3.72. The van der Waals surface area contributed by atoms with E-state index in [0.29, 0.717) is 24.0 Å². The molecule has 7 N–H and O–H groups in total. The third kappa shape index (κ3) is 6.50. The molecule has 16 nitrogen and oxygen atoms in total. The standard InChI is InChI=1S/C30H24N6O10S2.HI/c31-29-33-20(14-48-29)30(28(43)44,17-5-6-18(37)19(38)11-17)46-32-12-21(39)34-22-24(40)36-23(27(41)42)16(13-47-26(22)36)4-2-9-35-8-1-3-15-7-10-45-25(15)35;/h1-8,10-12,14,22,26H,9,13H2,(H6-,31,32,33,34,37,38,39,41,42,43,44);1H/b4-2+;/t22-,26+,30?;/m0./s1. The fraction of sp³-hybridized carbons (Fsp3) is 0.167. The molecular weight excluding hydrogens is 795 g/mol. The smallest absolute Gasteiger partial charge is 0.380 e. The number of furan rings is 1. The van der Waals surface area contributed by atoms with E-state index in [1.54, 1.807) is 18.4 Å². The highest BCUT2D eigenvalue weighted by molar-refractivity contribution is 8.00. The Balaban J connectivity index is 0.00000468. The van der Waals surface area contributed by atoms with Crippen LogP contribution in [0.15, 0.2) is 87.2 Å². The van der Waals surface area contributed by atoms with Gasteiger partial charge in [-0.2, -0.15) is 4.57 Å². The fourth-order valence-electron chi connectivity index (χ4n) is 5.27. The Kier molecular flexibility index (Phi) is 10.1. The second kappa shape index (κ2) is 14.1. The van der Waals surface area contributed by atoms with Gasteiger partial charge in [0, 0.05) is 22.8 Å². The number of thioether (sulfide) groups is 1. The normalized spacial score (nSPS) is 18.5. The van der Waals surface area contributed by atoms with Crippen molar-refractivity contribution in [3.8, 4) is 11.5 Å². The monoisotopic (exact) mass is 820 g/mol. The highest BCUT2D eigenvalue weighted by atomic mass is 127. The van der Waals surface area contributed by atoms with Crippen molar-refractivity contribution in [3.05, 3.63) is 88.9 Å². The van der Waals surface area contributed by atoms with E-state index in [9.17, 15) is 39.6 Å². The highest BCUT2D eigenvalue weighted by Gasteiger charge is 2.54. The van der Waals surface area contributed by atoms with Crippen LogP contribution in [0.2, 0.25) is 0 Å². The van der Waals surface area contributed by atoms with Gasteiger partial charge in [-0.1, -0.05) is 11.2 Å². The molecule has 49 heavy (non-hydrogen) atoms. The van der Waals surface area contributed by atoms with Gasteiger partial charge < -0.3 is 64.7 Å². The van der Waals surface area contributed by atoms with Gasteiger partial charge in [0.25, 0.3) is 11.8 Å². The number of phenolic OH excluding ortho intramolecular Hbond substituents is 2. The number of hydrogen-bond donors (Lipinski definition) is 6. The molecule has 1 aromatic carbocycles. The number of pyridine rings is 1. The first-order chi connectivity index (χ1) is 23.0. The summed E-state index contributed by atoms with van der Waals surface area (Å²) in [7, 11) is 0. The summed E-state index contributed by atoms with van der Waals surface area (Å²) in [4.78, 5) is 61.2. The lowest BCUT2D eigenvalue weighted by Crippen LogP contribution is -3.00. The minimum Gasteiger partial charge on any atom is -1.00 e. The van der Waals surface area contributed by atoms with Crippen molar-refractivity contribution in [1.82, 2.24) is 15.2 Å². The lowest BCUT2D eigenvalue weighted by Gasteiger charge is -2.49. The van der Waals surface area contributed by atoms with Gasteiger partial charge in [0.05, 0.1) is 11.6 Å². The first-order valence-electron chi connectivity index (χ1n) is 13.9. The molecule has 0 spiro atoms. The third-order valence-electron chi connectivity index (χ3n) is 7.52. The number of oxime groups is 1. The SMILES string of the molecule is Nc1nc(C(O/N=C\C(=O)N[C@H]2C(=O)N3C(C(=O)O)=C(/C=C/C[n+]4cccc5ccoc54)CS[C@H]23)(C(=O)O)c2ccc(O)c(O)c2)cs1.[I-]. The zero-order valence-electron chi connectivity index (χ0n) is 24.8. The van der Waals surface area contributed by atoms with Crippen LogP contribution in [-0.4, -0.2) is 77.4 Å². The second-order valence-corrected chi connectivity index (χ2v) is 12.4. The maximum absolute atomic E-state index is 13.1. The predicted octanol–water partition coefficient (Wildman–Crippen LogP) is -1.50. The van der Waals surface area contributed by atoms with Gasteiger partial charge in [-0.25, -0.2) is 14.6 Å². The topological polar surface area (TPSA) is 242 Å². The Morgan fingerprint density at radius 1 is 1.22 bits per heavy atom. The van der Waals surface area contributed by atoms with Crippen LogP contribution in [0.1, 0.15) is 11.3 Å². The fourth-order valence-corrected chi connectivity index (χ4v) is 7.19.